The average molecular weight is 417 g/mol. The second kappa shape index (κ2) is 9.05. The Bertz CT molecular complexity index is 807. The average Bonchev–Trinajstić information content (AvgIpc) is 3.15. The number of alkyl halides is 1. The van der Waals surface area contributed by atoms with Crippen LogP contribution >= 0.6 is 11.8 Å². The van der Waals surface area contributed by atoms with Crippen molar-refractivity contribution in [1.29, 1.82) is 0 Å². The minimum atomic E-state index is -1.30. The van der Waals surface area contributed by atoms with Crippen molar-refractivity contribution in [2.24, 2.45) is 5.92 Å². The number of benzene rings is 1. The van der Waals surface area contributed by atoms with Crippen LogP contribution in [0.15, 0.2) is 64.2 Å². The Balaban J connectivity index is 1.23. The summed E-state index contributed by atoms with van der Waals surface area (Å²) in [4.78, 5) is 3.70. The highest BCUT2D eigenvalue weighted by Gasteiger charge is 2.33. The zero-order valence-corrected chi connectivity index (χ0v) is 17.9. The molecule has 1 aromatic carbocycles. The maximum atomic E-state index is 14.6. The molecule has 1 fully saturated rings. The number of rotatable bonds is 7. The smallest absolute Gasteiger partial charge is 0.149 e. The van der Waals surface area contributed by atoms with Gasteiger partial charge in [-0.05, 0) is 105 Å². The van der Waals surface area contributed by atoms with Gasteiger partial charge in [0.1, 0.15) is 11.5 Å². The number of allylic oxidation sites excluding steroid dienone is 3. The molecule has 1 saturated heterocycles. The predicted octanol–water partition coefficient (Wildman–Crippen LogP) is 5.49. The Hall–Kier alpha value is -1.59. The fourth-order valence-electron chi connectivity index (χ4n) is 4.49. The predicted molar refractivity (Wildman–Crippen MR) is 117 cm³/mol. The number of piperidine rings is 1. The van der Waals surface area contributed by atoms with E-state index in [1.54, 1.807) is 23.9 Å². The van der Waals surface area contributed by atoms with Gasteiger partial charge in [-0.15, -0.1) is 11.8 Å². The highest BCUT2D eigenvalue weighted by atomic mass is 32.2. The molecule has 0 saturated carbocycles. The standard InChI is InChI=1S/C24H30F2N2S/c1-2-24(26)11-8-21-22(17-27-23(21)16-24)18-9-13-28(14-10-18)12-3-15-29-20-6-4-19(25)5-7-20/h4-8,11,16,18,27H,2-3,9-10,12-15,17H2,1H3. The van der Waals surface area contributed by atoms with Gasteiger partial charge >= 0.3 is 0 Å². The van der Waals surface area contributed by atoms with Crippen LogP contribution in [0.2, 0.25) is 0 Å². The largest absolute Gasteiger partial charge is 0.381 e. The van der Waals surface area contributed by atoms with Crippen LogP contribution in [0.1, 0.15) is 32.6 Å². The Kier molecular flexibility index (Phi) is 6.45. The summed E-state index contributed by atoms with van der Waals surface area (Å²) in [6.07, 6.45) is 9.49. The van der Waals surface area contributed by atoms with Crippen LogP contribution in [-0.2, 0) is 0 Å². The minimum absolute atomic E-state index is 0.175. The normalized spacial score (nSPS) is 25.1. The maximum Gasteiger partial charge on any atom is 0.149 e. The number of hydrogen-bond acceptors (Lipinski definition) is 3. The highest BCUT2D eigenvalue weighted by molar-refractivity contribution is 7.99. The molecule has 2 aliphatic heterocycles. The van der Waals surface area contributed by atoms with Crippen LogP contribution in [0.4, 0.5) is 8.78 Å². The molecule has 1 N–H and O–H groups in total. The van der Waals surface area contributed by atoms with Crippen LogP contribution in [0, 0.1) is 11.7 Å². The van der Waals surface area contributed by atoms with E-state index in [-0.39, 0.29) is 5.82 Å². The number of hydrogen-bond donors (Lipinski definition) is 1. The Morgan fingerprint density at radius 3 is 2.69 bits per heavy atom. The summed E-state index contributed by atoms with van der Waals surface area (Å²) in [7, 11) is 0. The zero-order valence-electron chi connectivity index (χ0n) is 17.1. The highest BCUT2D eigenvalue weighted by Crippen LogP contribution is 2.38. The Morgan fingerprint density at radius 2 is 1.97 bits per heavy atom. The summed E-state index contributed by atoms with van der Waals surface area (Å²) in [5.74, 6) is 1.49. The first-order chi connectivity index (χ1) is 14.1. The molecule has 4 rings (SSSR count). The molecule has 0 aromatic heterocycles. The number of thioether (sulfide) groups is 1. The fraction of sp³-hybridized carbons (Fsp3) is 0.500. The summed E-state index contributed by atoms with van der Waals surface area (Å²) >= 11 is 1.80. The van der Waals surface area contributed by atoms with Gasteiger partial charge < -0.3 is 10.2 Å². The molecule has 0 radical (unpaired) electrons. The van der Waals surface area contributed by atoms with Gasteiger partial charge in [-0.2, -0.15) is 0 Å². The van der Waals surface area contributed by atoms with Crippen LogP contribution in [-0.4, -0.2) is 42.5 Å². The Labute approximate surface area is 177 Å². The molecule has 29 heavy (non-hydrogen) atoms. The lowest BCUT2D eigenvalue weighted by atomic mass is 9.84. The SMILES string of the molecule is CCC1(F)C=CC2=C(C3CCN(CCCSc4ccc(F)cc4)CC3)CNC2=C1. The van der Waals surface area contributed by atoms with Crippen LogP contribution in [0.25, 0.3) is 0 Å². The summed E-state index contributed by atoms with van der Waals surface area (Å²) < 4.78 is 27.5. The first kappa shape index (κ1) is 20.7. The summed E-state index contributed by atoms with van der Waals surface area (Å²) in [5.41, 5.74) is 2.40. The fourth-order valence-corrected chi connectivity index (χ4v) is 5.33. The number of nitrogens with one attached hydrogen (secondary N) is 1. The van der Waals surface area contributed by atoms with E-state index >= 15 is 0 Å². The van der Waals surface area contributed by atoms with E-state index in [1.165, 1.54) is 36.1 Å². The van der Waals surface area contributed by atoms with Gasteiger partial charge in [0, 0.05) is 17.1 Å². The van der Waals surface area contributed by atoms with E-state index in [2.05, 4.69) is 10.2 Å². The molecule has 1 aliphatic carbocycles. The third-order valence-electron chi connectivity index (χ3n) is 6.34. The van der Waals surface area contributed by atoms with Gasteiger partial charge in [0.15, 0.2) is 0 Å². The molecular formula is C24H30F2N2S. The van der Waals surface area contributed by atoms with E-state index < -0.39 is 5.67 Å². The monoisotopic (exact) mass is 416 g/mol. The lowest BCUT2D eigenvalue weighted by Gasteiger charge is -2.33. The van der Waals surface area contributed by atoms with E-state index in [0.29, 0.717) is 12.3 Å². The molecule has 156 valence electrons. The van der Waals surface area contributed by atoms with E-state index in [1.807, 2.05) is 25.1 Å². The second-order valence-corrected chi connectivity index (χ2v) is 9.40. The van der Waals surface area contributed by atoms with Crippen molar-refractivity contribution < 1.29 is 8.78 Å². The summed E-state index contributed by atoms with van der Waals surface area (Å²) in [6.45, 7) is 6.14. The van der Waals surface area contributed by atoms with Crippen molar-refractivity contribution in [2.45, 2.75) is 43.2 Å². The lowest BCUT2D eigenvalue weighted by molar-refractivity contribution is 0.199. The molecule has 0 spiro atoms. The van der Waals surface area contributed by atoms with E-state index in [4.69, 9.17) is 0 Å². The first-order valence-electron chi connectivity index (χ1n) is 10.8. The number of likely N-dealkylation sites (tertiary alicyclic amines) is 1. The maximum absolute atomic E-state index is 14.6. The lowest BCUT2D eigenvalue weighted by Crippen LogP contribution is -2.35. The van der Waals surface area contributed by atoms with E-state index in [0.717, 1.165) is 48.9 Å². The molecule has 3 aliphatic rings. The number of nitrogens with zero attached hydrogens (tertiary/aromatic N) is 1. The molecule has 5 heteroatoms. The number of fused-ring (bicyclic) bond motifs is 1. The van der Waals surface area contributed by atoms with Gasteiger partial charge in [-0.25, -0.2) is 8.78 Å². The van der Waals surface area contributed by atoms with Crippen LogP contribution < -0.4 is 5.32 Å². The Morgan fingerprint density at radius 1 is 1.21 bits per heavy atom. The van der Waals surface area contributed by atoms with Crippen molar-refractivity contribution in [3.05, 3.63) is 65.2 Å². The first-order valence-corrected chi connectivity index (χ1v) is 11.7. The van der Waals surface area contributed by atoms with Crippen molar-refractivity contribution in [2.75, 3.05) is 31.9 Å². The van der Waals surface area contributed by atoms with Crippen molar-refractivity contribution in [1.82, 2.24) is 10.2 Å². The van der Waals surface area contributed by atoms with Crippen LogP contribution in [0.5, 0.6) is 0 Å². The molecule has 1 unspecified atom stereocenters. The molecule has 0 amide bonds. The summed E-state index contributed by atoms with van der Waals surface area (Å²) in [5, 5.41) is 3.42. The quantitative estimate of drug-likeness (QED) is 0.467. The minimum Gasteiger partial charge on any atom is -0.381 e. The van der Waals surface area contributed by atoms with Gasteiger partial charge in [0.25, 0.3) is 0 Å². The third kappa shape index (κ3) is 4.95. The summed E-state index contributed by atoms with van der Waals surface area (Å²) in [6, 6.07) is 6.76. The topological polar surface area (TPSA) is 15.3 Å². The molecular weight excluding hydrogens is 386 g/mol. The molecule has 2 nitrogen and oxygen atoms in total. The zero-order chi connectivity index (χ0) is 20.3. The van der Waals surface area contributed by atoms with Crippen molar-refractivity contribution in [3.8, 4) is 0 Å². The number of halogens is 2. The van der Waals surface area contributed by atoms with Gasteiger partial charge in [-0.3, -0.25) is 0 Å². The molecule has 2 heterocycles. The van der Waals surface area contributed by atoms with Gasteiger partial charge in [-0.1, -0.05) is 13.0 Å². The van der Waals surface area contributed by atoms with Crippen molar-refractivity contribution >= 4 is 11.8 Å². The molecule has 1 aromatic rings. The van der Waals surface area contributed by atoms with Gasteiger partial charge in [0.05, 0.1) is 0 Å². The third-order valence-corrected chi connectivity index (χ3v) is 7.44. The van der Waals surface area contributed by atoms with E-state index in [9.17, 15) is 8.78 Å². The molecule has 0 bridgehead atoms. The van der Waals surface area contributed by atoms with Crippen LogP contribution in [0.3, 0.4) is 0 Å². The second-order valence-electron chi connectivity index (χ2n) is 8.24. The molecule has 1 atom stereocenters. The van der Waals surface area contributed by atoms with Crippen molar-refractivity contribution in [3.63, 3.8) is 0 Å². The van der Waals surface area contributed by atoms with Gasteiger partial charge in [0.2, 0.25) is 0 Å².